The van der Waals surface area contributed by atoms with Crippen LogP contribution >= 0.6 is 11.6 Å². The smallest absolute Gasteiger partial charge is 0.220 e. The van der Waals surface area contributed by atoms with Gasteiger partial charge in [-0.3, -0.25) is 9.78 Å². The first-order chi connectivity index (χ1) is 12.6. The Hall–Kier alpha value is -2.07. The number of aromatic nitrogens is 1. The van der Waals surface area contributed by atoms with E-state index in [-0.39, 0.29) is 5.91 Å². The van der Waals surface area contributed by atoms with Crippen LogP contribution in [0.1, 0.15) is 30.5 Å². The van der Waals surface area contributed by atoms with Crippen molar-refractivity contribution in [1.29, 1.82) is 0 Å². The minimum absolute atomic E-state index is 0.122. The summed E-state index contributed by atoms with van der Waals surface area (Å²) in [7, 11) is 0. The summed E-state index contributed by atoms with van der Waals surface area (Å²) in [5.41, 5.74) is 3.41. The second kappa shape index (κ2) is 9.04. The number of carbonyl (C=O) groups excluding carboxylic acids is 1. The molecular weight excluding hydrogens is 346 g/mol. The maximum absolute atomic E-state index is 12.1. The van der Waals surface area contributed by atoms with Crippen LogP contribution in [0.4, 0.5) is 5.69 Å². The summed E-state index contributed by atoms with van der Waals surface area (Å²) < 4.78 is 0. The third-order valence-electron chi connectivity index (χ3n) is 4.98. The van der Waals surface area contributed by atoms with E-state index in [2.05, 4.69) is 27.3 Å². The minimum atomic E-state index is 0.122. The number of nitrogens with zero attached hydrogens (tertiary/aromatic N) is 2. The molecule has 1 fully saturated rings. The molecule has 3 rings (SSSR count). The highest BCUT2D eigenvalue weighted by atomic mass is 35.5. The molecule has 1 aromatic carbocycles. The number of anilines is 1. The number of carbonyl (C=O) groups is 1. The normalized spacial score (nSPS) is 15.1. The van der Waals surface area contributed by atoms with E-state index < -0.39 is 0 Å². The van der Waals surface area contributed by atoms with Crippen molar-refractivity contribution < 1.29 is 4.79 Å². The number of amides is 1. The molecular formula is C21H26ClN3O. The molecule has 2 heterocycles. The molecule has 26 heavy (non-hydrogen) atoms. The third kappa shape index (κ3) is 5.46. The Morgan fingerprint density at radius 1 is 1.27 bits per heavy atom. The van der Waals surface area contributed by atoms with Crippen molar-refractivity contribution in [2.45, 2.75) is 32.6 Å². The molecule has 0 spiro atoms. The van der Waals surface area contributed by atoms with Gasteiger partial charge in [-0.05, 0) is 61.9 Å². The first kappa shape index (κ1) is 18.7. The van der Waals surface area contributed by atoms with Gasteiger partial charge < -0.3 is 10.2 Å². The number of aryl methyl sites for hydroxylation is 2. The summed E-state index contributed by atoms with van der Waals surface area (Å²) in [6.07, 6.45) is 5.32. The van der Waals surface area contributed by atoms with Gasteiger partial charge in [-0.15, -0.1) is 0 Å². The van der Waals surface area contributed by atoms with E-state index in [9.17, 15) is 4.79 Å². The van der Waals surface area contributed by atoms with Crippen LogP contribution < -0.4 is 10.2 Å². The second-order valence-electron chi connectivity index (χ2n) is 7.02. The molecule has 1 aromatic heterocycles. The van der Waals surface area contributed by atoms with Gasteiger partial charge in [0.2, 0.25) is 5.91 Å². The average molecular weight is 372 g/mol. The van der Waals surface area contributed by atoms with Gasteiger partial charge >= 0.3 is 0 Å². The van der Waals surface area contributed by atoms with Crippen LogP contribution in [0, 0.1) is 12.8 Å². The van der Waals surface area contributed by atoms with Crippen molar-refractivity contribution in [3.05, 3.63) is 58.9 Å². The van der Waals surface area contributed by atoms with Crippen LogP contribution in [0.5, 0.6) is 0 Å². The Morgan fingerprint density at radius 3 is 2.81 bits per heavy atom. The SMILES string of the molecule is Cc1cc(N2CCC(CNC(=O)CCc3cccc(Cl)c3)CC2)ccn1. The number of benzene rings is 1. The third-order valence-corrected chi connectivity index (χ3v) is 5.21. The quantitative estimate of drug-likeness (QED) is 0.834. The van der Waals surface area contributed by atoms with Gasteiger partial charge in [0.25, 0.3) is 0 Å². The highest BCUT2D eigenvalue weighted by Gasteiger charge is 2.20. The topological polar surface area (TPSA) is 45.2 Å². The molecule has 0 radical (unpaired) electrons. The molecule has 1 N–H and O–H groups in total. The van der Waals surface area contributed by atoms with Crippen molar-refractivity contribution >= 4 is 23.2 Å². The minimum Gasteiger partial charge on any atom is -0.371 e. The molecule has 5 heteroatoms. The largest absolute Gasteiger partial charge is 0.371 e. The Morgan fingerprint density at radius 2 is 2.08 bits per heavy atom. The first-order valence-electron chi connectivity index (χ1n) is 9.29. The van der Waals surface area contributed by atoms with Crippen LogP contribution in [0.3, 0.4) is 0 Å². The van der Waals surface area contributed by atoms with Crippen LogP contribution in [0.15, 0.2) is 42.6 Å². The maximum Gasteiger partial charge on any atom is 0.220 e. The van der Waals surface area contributed by atoms with E-state index in [4.69, 9.17) is 11.6 Å². The van der Waals surface area contributed by atoms with Crippen molar-refractivity contribution in [3.8, 4) is 0 Å². The van der Waals surface area contributed by atoms with Gasteiger partial charge in [-0.1, -0.05) is 23.7 Å². The number of pyridine rings is 1. The van der Waals surface area contributed by atoms with Crippen molar-refractivity contribution in [2.24, 2.45) is 5.92 Å². The molecule has 4 nitrogen and oxygen atoms in total. The summed E-state index contributed by atoms with van der Waals surface area (Å²) in [6, 6.07) is 11.9. The molecule has 2 aromatic rings. The molecule has 0 atom stereocenters. The van der Waals surface area contributed by atoms with E-state index in [1.54, 1.807) is 0 Å². The maximum atomic E-state index is 12.1. The molecule has 1 saturated heterocycles. The van der Waals surface area contributed by atoms with Gasteiger partial charge in [-0.25, -0.2) is 0 Å². The van der Waals surface area contributed by atoms with Gasteiger partial charge in [0, 0.05) is 48.7 Å². The zero-order chi connectivity index (χ0) is 18.4. The zero-order valence-electron chi connectivity index (χ0n) is 15.2. The van der Waals surface area contributed by atoms with Crippen molar-refractivity contribution in [3.63, 3.8) is 0 Å². The highest BCUT2D eigenvalue weighted by Crippen LogP contribution is 2.23. The first-order valence-corrected chi connectivity index (χ1v) is 9.67. The van der Waals surface area contributed by atoms with E-state index >= 15 is 0 Å². The summed E-state index contributed by atoms with van der Waals surface area (Å²) in [4.78, 5) is 18.8. The highest BCUT2D eigenvalue weighted by molar-refractivity contribution is 6.30. The van der Waals surface area contributed by atoms with E-state index in [0.29, 0.717) is 12.3 Å². The molecule has 1 aliphatic heterocycles. The zero-order valence-corrected chi connectivity index (χ0v) is 16.0. The summed E-state index contributed by atoms with van der Waals surface area (Å²) in [5.74, 6) is 0.682. The van der Waals surface area contributed by atoms with E-state index in [0.717, 1.165) is 55.2 Å². The van der Waals surface area contributed by atoms with Crippen molar-refractivity contribution in [1.82, 2.24) is 10.3 Å². The van der Waals surface area contributed by atoms with Gasteiger partial charge in [-0.2, -0.15) is 0 Å². The van der Waals surface area contributed by atoms with E-state index in [1.807, 2.05) is 37.4 Å². The molecule has 1 amide bonds. The monoisotopic (exact) mass is 371 g/mol. The Kier molecular flexibility index (Phi) is 6.51. The van der Waals surface area contributed by atoms with Crippen LogP contribution in [0.2, 0.25) is 5.02 Å². The summed E-state index contributed by atoms with van der Waals surface area (Å²) in [6.45, 7) is 4.87. The molecule has 0 aliphatic carbocycles. The number of hydrogen-bond acceptors (Lipinski definition) is 3. The molecule has 1 aliphatic rings. The fraction of sp³-hybridized carbons (Fsp3) is 0.429. The lowest BCUT2D eigenvalue weighted by Crippen LogP contribution is -2.38. The Labute approximate surface area is 160 Å². The Bertz CT molecular complexity index is 742. The average Bonchev–Trinajstić information content (AvgIpc) is 2.65. The number of halogens is 1. The number of piperidine rings is 1. The Balaban J connectivity index is 1.37. The lowest BCUT2D eigenvalue weighted by molar-refractivity contribution is -0.121. The van der Waals surface area contributed by atoms with Crippen molar-refractivity contribution in [2.75, 3.05) is 24.5 Å². The van der Waals surface area contributed by atoms with Gasteiger partial charge in [0.1, 0.15) is 0 Å². The predicted molar refractivity (Wildman–Crippen MR) is 107 cm³/mol. The fourth-order valence-electron chi connectivity index (χ4n) is 3.42. The van der Waals surface area contributed by atoms with Crippen LogP contribution in [0.25, 0.3) is 0 Å². The lowest BCUT2D eigenvalue weighted by atomic mass is 9.96. The standard InChI is InChI=1S/C21H26ClN3O/c1-16-13-20(7-10-23-16)25-11-8-18(9-12-25)15-24-21(26)6-5-17-3-2-4-19(22)14-17/h2-4,7,10,13-14,18H,5-6,8-9,11-12,15H2,1H3,(H,24,26). The molecule has 0 unspecified atom stereocenters. The molecule has 0 bridgehead atoms. The summed E-state index contributed by atoms with van der Waals surface area (Å²) >= 11 is 5.98. The number of hydrogen-bond donors (Lipinski definition) is 1. The van der Waals surface area contributed by atoms with E-state index in [1.165, 1.54) is 5.69 Å². The fourth-order valence-corrected chi connectivity index (χ4v) is 3.63. The van der Waals surface area contributed by atoms with Gasteiger partial charge in [0.05, 0.1) is 0 Å². The molecule has 0 saturated carbocycles. The van der Waals surface area contributed by atoms with Crippen LogP contribution in [-0.4, -0.2) is 30.5 Å². The number of nitrogens with one attached hydrogen (secondary N) is 1. The molecule has 138 valence electrons. The predicted octanol–water partition coefficient (Wildman–Crippen LogP) is 4.01. The lowest BCUT2D eigenvalue weighted by Gasteiger charge is -2.33. The van der Waals surface area contributed by atoms with Crippen LogP contribution in [-0.2, 0) is 11.2 Å². The second-order valence-corrected chi connectivity index (χ2v) is 7.46. The summed E-state index contributed by atoms with van der Waals surface area (Å²) in [5, 5.41) is 3.82. The van der Waals surface area contributed by atoms with Gasteiger partial charge in [0.15, 0.2) is 0 Å². The number of rotatable bonds is 6.